The van der Waals surface area contributed by atoms with Crippen molar-refractivity contribution >= 4 is 17.3 Å². The molecule has 1 heterocycles. The molecule has 3 heteroatoms. The van der Waals surface area contributed by atoms with Crippen molar-refractivity contribution in [2.24, 2.45) is 10.9 Å². The first-order chi connectivity index (χ1) is 7.25. The van der Waals surface area contributed by atoms with E-state index in [4.69, 9.17) is 11.6 Å². The second kappa shape index (κ2) is 3.32. The Balaban J connectivity index is 2.05. The molecule has 3 rings (SSSR count). The van der Waals surface area contributed by atoms with Gasteiger partial charge in [-0.2, -0.15) is 0 Å². The maximum Gasteiger partial charge on any atom is 0.0959 e. The van der Waals surface area contributed by atoms with E-state index in [1.165, 1.54) is 5.57 Å². The molecule has 0 saturated carbocycles. The minimum absolute atomic E-state index is 0.229. The summed E-state index contributed by atoms with van der Waals surface area (Å²) in [5, 5.41) is 10.6. The van der Waals surface area contributed by atoms with E-state index in [0.717, 1.165) is 35.7 Å². The van der Waals surface area contributed by atoms with Gasteiger partial charge < -0.3 is 5.11 Å². The van der Waals surface area contributed by atoms with Crippen LogP contribution in [0.4, 0.5) is 0 Å². The lowest BCUT2D eigenvalue weighted by Gasteiger charge is -2.21. The predicted octanol–water partition coefficient (Wildman–Crippen LogP) is 2.55. The van der Waals surface area contributed by atoms with Crippen LogP contribution in [0.5, 0.6) is 0 Å². The molecule has 0 spiro atoms. The zero-order valence-corrected chi connectivity index (χ0v) is 9.04. The van der Waals surface area contributed by atoms with Gasteiger partial charge in [-0.1, -0.05) is 17.7 Å². The Labute approximate surface area is 93.7 Å². The molecule has 3 aliphatic rings. The lowest BCUT2D eigenvalue weighted by Crippen LogP contribution is -2.17. The molecule has 1 aliphatic heterocycles. The van der Waals surface area contributed by atoms with Gasteiger partial charge >= 0.3 is 0 Å². The molecule has 0 aromatic rings. The largest absolute Gasteiger partial charge is 0.387 e. The summed E-state index contributed by atoms with van der Waals surface area (Å²) >= 11 is 5.99. The minimum atomic E-state index is -0.368. The van der Waals surface area contributed by atoms with Gasteiger partial charge in [0, 0.05) is 11.0 Å². The highest BCUT2D eigenvalue weighted by Gasteiger charge is 2.33. The molecule has 78 valence electrons. The predicted molar refractivity (Wildman–Crippen MR) is 60.9 cm³/mol. The van der Waals surface area contributed by atoms with Crippen molar-refractivity contribution in [3.8, 4) is 0 Å². The SMILES string of the molecule is O[C@@H]1CCCC2=C1N=C1C=CC(Cl)=C[C@@H]12. The Hall–Kier alpha value is -0.860. The van der Waals surface area contributed by atoms with E-state index in [9.17, 15) is 5.11 Å². The van der Waals surface area contributed by atoms with Gasteiger partial charge in [0.25, 0.3) is 0 Å². The van der Waals surface area contributed by atoms with Crippen LogP contribution in [0, 0.1) is 5.92 Å². The average Bonchev–Trinajstić information content (AvgIpc) is 2.58. The third-order valence-corrected chi connectivity index (χ3v) is 3.50. The fourth-order valence-corrected chi connectivity index (χ4v) is 2.71. The van der Waals surface area contributed by atoms with Crippen molar-refractivity contribution < 1.29 is 5.11 Å². The molecular formula is C12H12ClNO. The molecule has 0 unspecified atom stereocenters. The number of fused-ring (bicyclic) bond motifs is 2. The molecule has 0 saturated heterocycles. The van der Waals surface area contributed by atoms with E-state index in [2.05, 4.69) is 4.99 Å². The summed E-state index contributed by atoms with van der Waals surface area (Å²) in [4.78, 5) is 4.50. The van der Waals surface area contributed by atoms with Gasteiger partial charge in [0.15, 0.2) is 0 Å². The number of aliphatic imine (C=N–C) groups is 1. The Morgan fingerprint density at radius 3 is 3.13 bits per heavy atom. The van der Waals surface area contributed by atoms with Crippen LogP contribution in [-0.4, -0.2) is 16.9 Å². The van der Waals surface area contributed by atoms with Crippen LogP contribution in [0.3, 0.4) is 0 Å². The molecule has 0 radical (unpaired) electrons. The van der Waals surface area contributed by atoms with E-state index < -0.39 is 0 Å². The third-order valence-electron chi connectivity index (χ3n) is 3.25. The summed E-state index contributed by atoms with van der Waals surface area (Å²) in [7, 11) is 0. The summed E-state index contributed by atoms with van der Waals surface area (Å²) in [6.45, 7) is 0. The number of hydrogen-bond donors (Lipinski definition) is 1. The molecule has 15 heavy (non-hydrogen) atoms. The Morgan fingerprint density at radius 2 is 2.27 bits per heavy atom. The molecular weight excluding hydrogens is 210 g/mol. The highest BCUT2D eigenvalue weighted by atomic mass is 35.5. The van der Waals surface area contributed by atoms with Crippen molar-refractivity contribution in [3.63, 3.8) is 0 Å². The normalized spacial score (nSPS) is 33.5. The van der Waals surface area contributed by atoms with Gasteiger partial charge in [-0.3, -0.25) is 4.99 Å². The quantitative estimate of drug-likeness (QED) is 0.670. The standard InChI is InChI=1S/C12H12ClNO/c13-7-4-5-10-9(6-7)8-2-1-3-11(15)12(8)14-10/h4-6,9,11,15H,1-3H2/t9-,11-/m1/s1. The second-order valence-electron chi connectivity index (χ2n) is 4.22. The summed E-state index contributed by atoms with van der Waals surface area (Å²) in [5.41, 5.74) is 3.20. The Bertz CT molecular complexity index is 431. The molecule has 0 bridgehead atoms. The molecule has 2 atom stereocenters. The Kier molecular flexibility index (Phi) is 2.08. The first-order valence-corrected chi connectivity index (χ1v) is 5.68. The van der Waals surface area contributed by atoms with Gasteiger partial charge in [-0.05, 0) is 37.0 Å². The number of hydrogen-bond acceptors (Lipinski definition) is 2. The topological polar surface area (TPSA) is 32.6 Å². The number of aliphatic hydroxyl groups excluding tert-OH is 1. The van der Waals surface area contributed by atoms with Crippen molar-refractivity contribution in [1.82, 2.24) is 0 Å². The van der Waals surface area contributed by atoms with E-state index in [1.807, 2.05) is 18.2 Å². The van der Waals surface area contributed by atoms with Crippen LogP contribution in [0.2, 0.25) is 0 Å². The number of allylic oxidation sites excluding steroid dienone is 5. The van der Waals surface area contributed by atoms with Crippen LogP contribution in [0.25, 0.3) is 0 Å². The molecule has 2 nitrogen and oxygen atoms in total. The molecule has 0 aromatic carbocycles. The number of halogens is 1. The maximum atomic E-state index is 9.85. The van der Waals surface area contributed by atoms with Gasteiger partial charge in [0.2, 0.25) is 0 Å². The van der Waals surface area contributed by atoms with Crippen LogP contribution in [0.1, 0.15) is 19.3 Å². The monoisotopic (exact) mass is 221 g/mol. The first-order valence-electron chi connectivity index (χ1n) is 5.30. The zero-order valence-electron chi connectivity index (χ0n) is 8.28. The summed E-state index contributed by atoms with van der Waals surface area (Å²) < 4.78 is 0. The van der Waals surface area contributed by atoms with E-state index in [0.29, 0.717) is 0 Å². The highest BCUT2D eigenvalue weighted by molar-refractivity contribution is 6.32. The summed E-state index contributed by atoms with van der Waals surface area (Å²) in [6.07, 6.45) is 8.41. The molecule has 1 N–H and O–H groups in total. The van der Waals surface area contributed by atoms with Crippen LogP contribution in [-0.2, 0) is 0 Å². The fraction of sp³-hybridized carbons (Fsp3) is 0.417. The van der Waals surface area contributed by atoms with E-state index in [-0.39, 0.29) is 12.0 Å². The Morgan fingerprint density at radius 1 is 1.40 bits per heavy atom. The summed E-state index contributed by atoms with van der Waals surface area (Å²) in [6, 6.07) is 0. The molecule has 0 amide bonds. The second-order valence-corrected chi connectivity index (χ2v) is 4.65. The molecule has 0 fully saturated rings. The summed E-state index contributed by atoms with van der Waals surface area (Å²) in [5.74, 6) is 0.229. The van der Waals surface area contributed by atoms with Crippen LogP contribution < -0.4 is 0 Å². The van der Waals surface area contributed by atoms with Crippen molar-refractivity contribution in [1.29, 1.82) is 0 Å². The van der Waals surface area contributed by atoms with Gasteiger partial charge in [-0.25, -0.2) is 0 Å². The van der Waals surface area contributed by atoms with Crippen LogP contribution >= 0.6 is 11.6 Å². The highest BCUT2D eigenvalue weighted by Crippen LogP contribution is 2.39. The van der Waals surface area contributed by atoms with Gasteiger partial charge in [0.05, 0.1) is 17.5 Å². The number of aliphatic hydroxyl groups is 1. The third kappa shape index (κ3) is 1.40. The van der Waals surface area contributed by atoms with Crippen LogP contribution in [0.15, 0.2) is 39.5 Å². The fourth-order valence-electron chi connectivity index (χ4n) is 2.52. The number of nitrogens with zero attached hydrogens (tertiary/aromatic N) is 1. The van der Waals surface area contributed by atoms with Crippen molar-refractivity contribution in [2.45, 2.75) is 25.4 Å². The molecule has 2 aliphatic carbocycles. The smallest absolute Gasteiger partial charge is 0.0959 e. The van der Waals surface area contributed by atoms with Gasteiger partial charge in [-0.15, -0.1) is 0 Å². The first kappa shape index (κ1) is 9.37. The van der Waals surface area contributed by atoms with Crippen molar-refractivity contribution in [2.75, 3.05) is 0 Å². The molecule has 0 aromatic heterocycles. The number of rotatable bonds is 0. The van der Waals surface area contributed by atoms with Gasteiger partial charge in [0.1, 0.15) is 0 Å². The van der Waals surface area contributed by atoms with Crippen molar-refractivity contribution in [3.05, 3.63) is 34.5 Å². The lowest BCUT2D eigenvalue weighted by molar-refractivity contribution is 0.187. The maximum absolute atomic E-state index is 9.85. The zero-order chi connectivity index (χ0) is 10.4. The average molecular weight is 222 g/mol. The van der Waals surface area contributed by atoms with E-state index >= 15 is 0 Å². The van der Waals surface area contributed by atoms with E-state index in [1.54, 1.807) is 0 Å². The minimum Gasteiger partial charge on any atom is -0.387 e. The lowest BCUT2D eigenvalue weighted by atomic mass is 9.84.